The molecule has 0 bridgehead atoms. The SMILES string of the molecule is C=C(Cl)CN1CCCN(S(N)(=O)=O)CC1. The first-order chi connectivity index (χ1) is 6.89. The van der Waals surface area contributed by atoms with Gasteiger partial charge in [-0.2, -0.15) is 12.7 Å². The van der Waals surface area contributed by atoms with Crippen molar-refractivity contribution < 1.29 is 8.42 Å². The lowest BCUT2D eigenvalue weighted by Crippen LogP contribution is -2.39. The molecule has 0 saturated carbocycles. The van der Waals surface area contributed by atoms with Crippen molar-refractivity contribution in [1.82, 2.24) is 9.21 Å². The third-order valence-electron chi connectivity index (χ3n) is 2.30. The van der Waals surface area contributed by atoms with Gasteiger partial charge < -0.3 is 0 Å². The van der Waals surface area contributed by atoms with Gasteiger partial charge in [-0.3, -0.25) is 4.90 Å². The lowest BCUT2D eigenvalue weighted by atomic mass is 10.4. The molecule has 0 radical (unpaired) electrons. The van der Waals surface area contributed by atoms with E-state index in [2.05, 4.69) is 11.5 Å². The van der Waals surface area contributed by atoms with Gasteiger partial charge in [0.2, 0.25) is 0 Å². The minimum atomic E-state index is -3.55. The van der Waals surface area contributed by atoms with Crippen LogP contribution in [-0.4, -0.2) is 50.3 Å². The van der Waals surface area contributed by atoms with Crippen LogP contribution >= 0.6 is 11.6 Å². The van der Waals surface area contributed by atoms with Gasteiger partial charge in [0.15, 0.2) is 0 Å². The van der Waals surface area contributed by atoms with Crippen LogP contribution in [-0.2, 0) is 10.2 Å². The second-order valence-corrected chi connectivity index (χ2v) is 5.67. The fraction of sp³-hybridized carbons (Fsp3) is 0.750. The zero-order valence-corrected chi connectivity index (χ0v) is 10.1. The van der Waals surface area contributed by atoms with Crippen LogP contribution in [0, 0.1) is 0 Å². The predicted octanol–water partition coefficient (Wildman–Crippen LogP) is -0.0499. The third kappa shape index (κ3) is 4.48. The maximum atomic E-state index is 11.1. The lowest BCUT2D eigenvalue weighted by molar-refractivity contribution is 0.314. The quantitative estimate of drug-likeness (QED) is 0.767. The van der Waals surface area contributed by atoms with E-state index in [0.717, 1.165) is 13.0 Å². The highest BCUT2D eigenvalue weighted by molar-refractivity contribution is 7.86. The molecule has 1 heterocycles. The summed E-state index contributed by atoms with van der Waals surface area (Å²) >= 11 is 5.70. The zero-order valence-electron chi connectivity index (χ0n) is 8.52. The van der Waals surface area contributed by atoms with E-state index in [9.17, 15) is 8.42 Å². The molecule has 0 aromatic heterocycles. The molecule has 15 heavy (non-hydrogen) atoms. The van der Waals surface area contributed by atoms with Gasteiger partial charge in [0.25, 0.3) is 10.2 Å². The Morgan fingerprint density at radius 3 is 2.53 bits per heavy atom. The van der Waals surface area contributed by atoms with E-state index in [-0.39, 0.29) is 0 Å². The molecule has 1 fully saturated rings. The summed E-state index contributed by atoms with van der Waals surface area (Å²) in [7, 11) is -3.55. The van der Waals surface area contributed by atoms with Crippen LogP contribution in [0.1, 0.15) is 6.42 Å². The second kappa shape index (κ2) is 5.27. The molecule has 7 heteroatoms. The summed E-state index contributed by atoms with van der Waals surface area (Å²) in [5, 5.41) is 5.63. The maximum absolute atomic E-state index is 11.1. The van der Waals surface area contributed by atoms with Gasteiger partial charge in [-0.05, 0) is 13.0 Å². The number of hydrogen-bond acceptors (Lipinski definition) is 3. The van der Waals surface area contributed by atoms with Gasteiger partial charge in [-0.25, -0.2) is 5.14 Å². The molecule has 0 atom stereocenters. The van der Waals surface area contributed by atoms with Crippen molar-refractivity contribution in [1.29, 1.82) is 0 Å². The monoisotopic (exact) mass is 253 g/mol. The van der Waals surface area contributed by atoms with E-state index in [1.165, 1.54) is 4.31 Å². The average Bonchev–Trinajstić information content (AvgIpc) is 2.27. The van der Waals surface area contributed by atoms with Crippen LogP contribution in [0.25, 0.3) is 0 Å². The topological polar surface area (TPSA) is 66.6 Å². The Hall–Kier alpha value is -0.140. The summed E-state index contributed by atoms with van der Waals surface area (Å²) in [6, 6.07) is 0. The van der Waals surface area contributed by atoms with Crippen LogP contribution in [0.5, 0.6) is 0 Å². The molecule has 1 rings (SSSR count). The molecule has 0 spiro atoms. The molecular formula is C8H16ClN3O2S. The smallest absolute Gasteiger partial charge is 0.276 e. The van der Waals surface area contributed by atoms with Gasteiger partial charge in [-0.15, -0.1) is 0 Å². The lowest BCUT2D eigenvalue weighted by Gasteiger charge is -2.19. The van der Waals surface area contributed by atoms with E-state index in [1.807, 2.05) is 0 Å². The third-order valence-corrected chi connectivity index (χ3v) is 3.51. The number of rotatable bonds is 3. The standard InChI is InChI=1S/C8H16ClN3O2S/c1-8(9)7-11-3-2-4-12(6-5-11)15(10,13)14/h1-7H2,(H2,10,13,14). The summed E-state index contributed by atoms with van der Waals surface area (Å²) < 4.78 is 23.5. The Morgan fingerprint density at radius 1 is 1.33 bits per heavy atom. The summed E-state index contributed by atoms with van der Waals surface area (Å²) in [6.45, 7) is 6.57. The molecule has 5 nitrogen and oxygen atoms in total. The Labute approximate surface area is 95.7 Å². The second-order valence-electron chi connectivity index (χ2n) is 3.59. The zero-order chi connectivity index (χ0) is 11.5. The van der Waals surface area contributed by atoms with Crippen molar-refractivity contribution in [2.24, 2.45) is 5.14 Å². The predicted molar refractivity (Wildman–Crippen MR) is 60.7 cm³/mol. The van der Waals surface area contributed by atoms with Crippen molar-refractivity contribution in [3.05, 3.63) is 11.6 Å². The van der Waals surface area contributed by atoms with Crippen molar-refractivity contribution in [2.75, 3.05) is 32.7 Å². The van der Waals surface area contributed by atoms with Crippen LogP contribution < -0.4 is 5.14 Å². The molecule has 2 N–H and O–H groups in total. The summed E-state index contributed by atoms with van der Waals surface area (Å²) in [5.74, 6) is 0. The van der Waals surface area contributed by atoms with Crippen molar-refractivity contribution >= 4 is 21.8 Å². The first-order valence-corrected chi connectivity index (χ1v) is 6.61. The van der Waals surface area contributed by atoms with E-state index >= 15 is 0 Å². The Kier molecular flexibility index (Phi) is 4.54. The summed E-state index contributed by atoms with van der Waals surface area (Å²) in [6.07, 6.45) is 0.764. The molecule has 1 aliphatic heterocycles. The molecule has 0 aromatic carbocycles. The first kappa shape index (κ1) is 12.9. The molecule has 1 aliphatic rings. The van der Waals surface area contributed by atoms with Gasteiger partial charge >= 0.3 is 0 Å². The van der Waals surface area contributed by atoms with Gasteiger partial charge in [0.1, 0.15) is 0 Å². The summed E-state index contributed by atoms with van der Waals surface area (Å²) in [5.41, 5.74) is 0. The molecule has 0 aromatic rings. The fourth-order valence-corrected chi connectivity index (χ4v) is 2.49. The molecule has 0 aliphatic carbocycles. The van der Waals surface area contributed by atoms with Crippen LogP contribution in [0.2, 0.25) is 0 Å². The van der Waals surface area contributed by atoms with E-state index < -0.39 is 10.2 Å². The minimum Gasteiger partial charge on any atom is -0.297 e. The normalized spacial score (nSPS) is 21.2. The van der Waals surface area contributed by atoms with E-state index in [4.69, 9.17) is 16.7 Å². The number of hydrogen-bond donors (Lipinski definition) is 1. The van der Waals surface area contributed by atoms with Crippen LogP contribution in [0.4, 0.5) is 0 Å². The molecule has 1 saturated heterocycles. The molecule has 0 amide bonds. The number of halogens is 1. The van der Waals surface area contributed by atoms with E-state index in [0.29, 0.717) is 31.2 Å². The van der Waals surface area contributed by atoms with Crippen LogP contribution in [0.15, 0.2) is 11.6 Å². The highest BCUT2D eigenvalue weighted by Gasteiger charge is 2.21. The molecular weight excluding hydrogens is 238 g/mol. The molecule has 88 valence electrons. The van der Waals surface area contributed by atoms with Gasteiger partial charge in [0, 0.05) is 31.2 Å². The number of nitrogens with two attached hydrogens (primary N) is 1. The largest absolute Gasteiger partial charge is 0.297 e. The van der Waals surface area contributed by atoms with Crippen molar-refractivity contribution in [3.63, 3.8) is 0 Å². The van der Waals surface area contributed by atoms with Crippen molar-refractivity contribution in [3.8, 4) is 0 Å². The van der Waals surface area contributed by atoms with E-state index in [1.54, 1.807) is 0 Å². The van der Waals surface area contributed by atoms with Crippen LogP contribution in [0.3, 0.4) is 0 Å². The first-order valence-electron chi connectivity index (χ1n) is 4.73. The fourth-order valence-electron chi connectivity index (χ4n) is 1.60. The van der Waals surface area contributed by atoms with Gasteiger partial charge in [0.05, 0.1) is 0 Å². The van der Waals surface area contributed by atoms with Crippen molar-refractivity contribution in [2.45, 2.75) is 6.42 Å². The Bertz CT molecular complexity index is 331. The van der Waals surface area contributed by atoms with Gasteiger partial charge in [-0.1, -0.05) is 18.2 Å². The average molecular weight is 254 g/mol. The minimum absolute atomic E-state index is 0.420. The number of nitrogens with zero attached hydrogens (tertiary/aromatic N) is 2. The maximum Gasteiger partial charge on any atom is 0.276 e. The highest BCUT2D eigenvalue weighted by atomic mass is 35.5. The highest BCUT2D eigenvalue weighted by Crippen LogP contribution is 2.08. The molecule has 0 unspecified atom stereocenters. The Morgan fingerprint density at radius 2 is 2.00 bits per heavy atom. The summed E-state index contributed by atoms with van der Waals surface area (Å²) in [4.78, 5) is 2.07. The Balaban J connectivity index is 2.52.